The van der Waals surface area contributed by atoms with E-state index >= 15 is 0 Å². The topological polar surface area (TPSA) is 89.5 Å². The molecule has 0 spiro atoms. The first-order valence-corrected chi connectivity index (χ1v) is 10.3. The van der Waals surface area contributed by atoms with E-state index in [1.165, 1.54) is 0 Å². The van der Waals surface area contributed by atoms with E-state index in [1.54, 1.807) is 34.9 Å². The van der Waals surface area contributed by atoms with Crippen molar-refractivity contribution < 1.29 is 15.0 Å². The zero-order valence-electron chi connectivity index (χ0n) is 15.4. The van der Waals surface area contributed by atoms with Crippen LogP contribution in [0.25, 0.3) is 11.3 Å². The quantitative estimate of drug-likeness (QED) is 0.557. The van der Waals surface area contributed by atoms with E-state index in [2.05, 4.69) is 10.2 Å². The van der Waals surface area contributed by atoms with Crippen LogP contribution in [0.15, 0.2) is 53.4 Å². The molecular formula is C21H21N3O3S. The lowest BCUT2D eigenvalue weighted by Crippen LogP contribution is -2.31. The van der Waals surface area contributed by atoms with Crippen molar-refractivity contribution >= 4 is 17.7 Å². The summed E-state index contributed by atoms with van der Waals surface area (Å²) in [6, 6.07) is 14.8. The molecular weight excluding hydrogens is 374 g/mol. The zero-order chi connectivity index (χ0) is 19.7. The van der Waals surface area contributed by atoms with E-state index in [0.717, 1.165) is 16.0 Å². The monoisotopic (exact) mass is 395 g/mol. The molecule has 1 atom stereocenters. The van der Waals surface area contributed by atoms with E-state index < -0.39 is 0 Å². The maximum Gasteiger partial charge on any atom is 0.273 e. The molecule has 144 valence electrons. The molecule has 0 aliphatic carbocycles. The second kappa shape index (κ2) is 7.69. The van der Waals surface area contributed by atoms with Crippen LogP contribution < -0.4 is 0 Å². The van der Waals surface area contributed by atoms with Crippen molar-refractivity contribution in [1.29, 1.82) is 0 Å². The van der Waals surface area contributed by atoms with Gasteiger partial charge in [0.2, 0.25) is 0 Å². The van der Waals surface area contributed by atoms with E-state index in [0.29, 0.717) is 29.9 Å². The number of hydrogen-bond acceptors (Lipinski definition) is 5. The van der Waals surface area contributed by atoms with Crippen LogP contribution >= 0.6 is 11.8 Å². The molecule has 2 heterocycles. The molecule has 3 N–H and O–H groups in total. The lowest BCUT2D eigenvalue weighted by Gasteiger charge is -2.26. The number of phenolic OH excluding ortho intramolecular Hbond substituents is 1. The maximum absolute atomic E-state index is 13.0. The summed E-state index contributed by atoms with van der Waals surface area (Å²) in [5.74, 6) is -0.0221. The van der Waals surface area contributed by atoms with Gasteiger partial charge in [0, 0.05) is 29.2 Å². The molecule has 1 aliphatic heterocycles. The molecule has 3 aromatic rings. The first-order chi connectivity index (χ1) is 13.7. The first-order valence-electron chi connectivity index (χ1n) is 9.08. The first kappa shape index (κ1) is 18.6. The number of aliphatic hydroxyl groups excluding tert-OH is 1. The molecule has 1 aromatic heterocycles. The van der Waals surface area contributed by atoms with E-state index in [1.807, 2.05) is 36.6 Å². The highest BCUT2D eigenvalue weighted by Crippen LogP contribution is 2.44. The van der Waals surface area contributed by atoms with Gasteiger partial charge in [-0.05, 0) is 42.5 Å². The number of benzene rings is 2. The van der Waals surface area contributed by atoms with Gasteiger partial charge in [-0.3, -0.25) is 9.89 Å². The number of amides is 1. The van der Waals surface area contributed by atoms with Gasteiger partial charge in [0.15, 0.2) is 0 Å². The predicted molar refractivity (Wildman–Crippen MR) is 108 cm³/mol. The minimum absolute atomic E-state index is 0.0143. The molecule has 0 radical (unpaired) electrons. The Labute approximate surface area is 167 Å². The minimum Gasteiger partial charge on any atom is -0.507 e. The van der Waals surface area contributed by atoms with Crippen molar-refractivity contribution in [3.05, 3.63) is 65.4 Å². The number of aromatic hydroxyl groups is 1. The average molecular weight is 395 g/mol. The number of nitrogens with zero attached hydrogens (tertiary/aromatic N) is 2. The zero-order valence-corrected chi connectivity index (χ0v) is 16.2. The molecule has 1 amide bonds. The third-order valence-electron chi connectivity index (χ3n) is 5.01. The van der Waals surface area contributed by atoms with Crippen molar-refractivity contribution in [2.45, 2.75) is 17.4 Å². The summed E-state index contributed by atoms with van der Waals surface area (Å²) >= 11 is 1.66. The molecule has 28 heavy (non-hydrogen) atoms. The number of nitrogens with one attached hydrogen (secondary N) is 1. The third-order valence-corrected chi connectivity index (χ3v) is 5.76. The Balaban J connectivity index is 1.86. The summed E-state index contributed by atoms with van der Waals surface area (Å²) in [6.07, 6.45) is 2.51. The Hall–Kier alpha value is -2.77. The highest BCUT2D eigenvalue weighted by molar-refractivity contribution is 7.98. The number of phenols is 1. The Kier molecular flexibility index (Phi) is 5.11. The fourth-order valence-electron chi connectivity index (χ4n) is 3.68. The van der Waals surface area contributed by atoms with Crippen LogP contribution in [0.4, 0.5) is 0 Å². The van der Waals surface area contributed by atoms with Crippen molar-refractivity contribution in [3.63, 3.8) is 0 Å². The molecule has 0 bridgehead atoms. The third kappa shape index (κ3) is 3.06. The summed E-state index contributed by atoms with van der Waals surface area (Å²) < 4.78 is 0. The second-order valence-corrected chi connectivity index (χ2v) is 7.51. The van der Waals surface area contributed by atoms with E-state index in [9.17, 15) is 15.0 Å². The molecule has 4 rings (SSSR count). The fraction of sp³-hybridized carbons (Fsp3) is 0.238. The lowest BCUT2D eigenvalue weighted by molar-refractivity contribution is 0.0732. The molecule has 1 unspecified atom stereocenters. The van der Waals surface area contributed by atoms with Crippen LogP contribution in [0.5, 0.6) is 5.75 Å². The maximum atomic E-state index is 13.0. The summed E-state index contributed by atoms with van der Waals surface area (Å²) in [5, 5.41) is 26.8. The summed E-state index contributed by atoms with van der Waals surface area (Å²) in [7, 11) is 0. The number of carbonyl (C=O) groups excluding carboxylic acids is 1. The number of rotatable bonds is 6. The van der Waals surface area contributed by atoms with Crippen LogP contribution in [0.2, 0.25) is 0 Å². The minimum atomic E-state index is -0.321. The Morgan fingerprint density at radius 3 is 2.61 bits per heavy atom. The smallest absolute Gasteiger partial charge is 0.273 e. The van der Waals surface area contributed by atoms with Crippen LogP contribution in [0, 0.1) is 0 Å². The summed E-state index contributed by atoms with van der Waals surface area (Å²) in [4.78, 5) is 15.9. The molecule has 0 saturated heterocycles. The molecule has 1 aliphatic rings. The van der Waals surface area contributed by atoms with E-state index in [4.69, 9.17) is 0 Å². The Morgan fingerprint density at radius 1 is 1.18 bits per heavy atom. The molecule has 6 nitrogen and oxygen atoms in total. The summed E-state index contributed by atoms with van der Waals surface area (Å²) in [6.45, 7) is 0.452. The number of aliphatic hydroxyl groups is 1. The van der Waals surface area contributed by atoms with Gasteiger partial charge in [-0.25, -0.2) is 0 Å². The standard InChI is InChI=1S/C21H21N3O3S/c1-28-14-9-7-13(8-10-14)20-17-18(15-5-2-3-6-16(15)26)22-23-19(17)21(27)24(20)11-4-12-25/h2-3,5-10,20,25-26H,4,11-12H2,1H3,(H,22,23). The largest absolute Gasteiger partial charge is 0.507 e. The van der Waals surface area contributed by atoms with Crippen LogP contribution in [-0.4, -0.2) is 50.6 Å². The van der Waals surface area contributed by atoms with Gasteiger partial charge in [-0.1, -0.05) is 24.3 Å². The molecule has 2 aromatic carbocycles. The number of para-hydroxylation sites is 1. The normalized spacial score (nSPS) is 15.9. The second-order valence-electron chi connectivity index (χ2n) is 6.63. The number of fused-ring (bicyclic) bond motifs is 1. The lowest BCUT2D eigenvalue weighted by atomic mass is 9.95. The van der Waals surface area contributed by atoms with Crippen LogP contribution in [-0.2, 0) is 0 Å². The van der Waals surface area contributed by atoms with Gasteiger partial charge in [0.1, 0.15) is 17.1 Å². The molecule has 0 fully saturated rings. The molecule has 0 saturated carbocycles. The van der Waals surface area contributed by atoms with Crippen LogP contribution in [0.3, 0.4) is 0 Å². The average Bonchev–Trinajstić information content (AvgIpc) is 3.26. The van der Waals surface area contributed by atoms with Crippen molar-refractivity contribution in [1.82, 2.24) is 15.1 Å². The Morgan fingerprint density at radius 2 is 1.93 bits per heavy atom. The van der Waals surface area contributed by atoms with Crippen LogP contribution in [0.1, 0.15) is 34.1 Å². The number of thioether (sulfide) groups is 1. The number of hydrogen-bond donors (Lipinski definition) is 3. The predicted octanol–water partition coefficient (Wildman–Crippen LogP) is 3.43. The number of aromatic amines is 1. The highest BCUT2D eigenvalue weighted by Gasteiger charge is 2.42. The number of aromatic nitrogens is 2. The molecule has 7 heteroatoms. The number of H-pyrrole nitrogens is 1. The van der Waals surface area contributed by atoms with Gasteiger partial charge in [-0.2, -0.15) is 5.10 Å². The summed E-state index contributed by atoms with van der Waals surface area (Å²) in [5.41, 5.74) is 3.34. The SMILES string of the molecule is CSc1ccc(C2c3c(-c4ccccc4O)n[nH]c3C(=O)N2CCCO)cc1. The highest BCUT2D eigenvalue weighted by atomic mass is 32.2. The fourth-order valence-corrected chi connectivity index (χ4v) is 4.09. The van der Waals surface area contributed by atoms with Gasteiger partial charge >= 0.3 is 0 Å². The van der Waals surface area contributed by atoms with Crippen molar-refractivity contribution in [2.75, 3.05) is 19.4 Å². The van der Waals surface area contributed by atoms with Gasteiger partial charge < -0.3 is 15.1 Å². The number of carbonyl (C=O) groups is 1. The van der Waals surface area contributed by atoms with Crippen molar-refractivity contribution in [3.8, 4) is 17.0 Å². The van der Waals surface area contributed by atoms with Gasteiger partial charge in [0.25, 0.3) is 5.91 Å². The van der Waals surface area contributed by atoms with E-state index in [-0.39, 0.29) is 24.3 Å². The van der Waals surface area contributed by atoms with Gasteiger partial charge in [0.05, 0.1) is 6.04 Å². The van der Waals surface area contributed by atoms with Crippen molar-refractivity contribution in [2.24, 2.45) is 0 Å². The van der Waals surface area contributed by atoms with Gasteiger partial charge in [-0.15, -0.1) is 11.8 Å². The Bertz CT molecular complexity index is 1000.